The second-order valence-electron chi connectivity index (χ2n) is 4.58. The molecule has 1 atom stereocenters. The molecule has 1 aromatic rings. The quantitative estimate of drug-likeness (QED) is 0.841. The average molecular weight is 234 g/mol. The highest BCUT2D eigenvalue weighted by Crippen LogP contribution is 2.37. The Balaban J connectivity index is 0.000000686. The maximum Gasteiger partial charge on any atom is 0.0373 e. The van der Waals surface area contributed by atoms with Gasteiger partial charge in [-0.1, -0.05) is 39.0 Å². The van der Waals surface area contributed by atoms with Gasteiger partial charge in [-0.05, 0) is 42.9 Å². The Labute approximate surface area is 106 Å². The minimum absolute atomic E-state index is 0.378. The fourth-order valence-corrected chi connectivity index (χ4v) is 2.51. The maximum absolute atomic E-state index is 5.71. The van der Waals surface area contributed by atoms with Gasteiger partial charge in [0.15, 0.2) is 0 Å². The topological polar surface area (TPSA) is 38.0 Å². The summed E-state index contributed by atoms with van der Waals surface area (Å²) in [5, 5.41) is 3.53. The molecular weight excluding hydrogens is 208 g/mol. The van der Waals surface area contributed by atoms with Crippen LogP contribution in [-0.2, 0) is 6.42 Å². The first-order valence-corrected chi connectivity index (χ1v) is 6.81. The van der Waals surface area contributed by atoms with E-state index in [1.165, 1.54) is 24.1 Å². The number of nitrogens with two attached hydrogens (primary N) is 1. The van der Waals surface area contributed by atoms with Gasteiger partial charge in [-0.2, -0.15) is 0 Å². The SMILES string of the molecule is CC.CCC1(CCN)CNc2ccccc2C1. The smallest absolute Gasteiger partial charge is 0.0373 e. The number of hydrogen-bond acceptors (Lipinski definition) is 2. The van der Waals surface area contributed by atoms with E-state index in [2.05, 4.69) is 36.5 Å². The molecule has 1 aromatic carbocycles. The number of anilines is 1. The lowest BCUT2D eigenvalue weighted by atomic mass is 9.74. The summed E-state index contributed by atoms with van der Waals surface area (Å²) in [5.74, 6) is 0. The third kappa shape index (κ3) is 3.22. The first-order valence-electron chi connectivity index (χ1n) is 6.81. The Morgan fingerprint density at radius 3 is 2.65 bits per heavy atom. The van der Waals surface area contributed by atoms with Gasteiger partial charge in [0.05, 0.1) is 0 Å². The van der Waals surface area contributed by atoms with E-state index < -0.39 is 0 Å². The normalized spacial score (nSPS) is 21.9. The van der Waals surface area contributed by atoms with E-state index in [0.717, 1.165) is 19.5 Å². The summed E-state index contributed by atoms with van der Waals surface area (Å²) in [6, 6.07) is 8.60. The van der Waals surface area contributed by atoms with Crippen molar-refractivity contribution in [3.05, 3.63) is 29.8 Å². The molecule has 0 bridgehead atoms. The molecule has 17 heavy (non-hydrogen) atoms. The zero-order valence-electron chi connectivity index (χ0n) is 11.4. The zero-order chi connectivity index (χ0) is 12.7. The minimum atomic E-state index is 0.378. The van der Waals surface area contributed by atoms with Crippen LogP contribution in [0.4, 0.5) is 5.69 Å². The van der Waals surface area contributed by atoms with Crippen molar-refractivity contribution in [2.24, 2.45) is 11.1 Å². The minimum Gasteiger partial charge on any atom is -0.384 e. The summed E-state index contributed by atoms with van der Waals surface area (Å²) < 4.78 is 0. The van der Waals surface area contributed by atoms with Gasteiger partial charge in [0.1, 0.15) is 0 Å². The van der Waals surface area contributed by atoms with E-state index in [0.29, 0.717) is 5.41 Å². The molecule has 2 rings (SSSR count). The number of para-hydroxylation sites is 1. The van der Waals surface area contributed by atoms with Gasteiger partial charge in [-0.15, -0.1) is 0 Å². The number of nitrogens with one attached hydrogen (secondary N) is 1. The second-order valence-corrected chi connectivity index (χ2v) is 4.58. The van der Waals surface area contributed by atoms with Crippen LogP contribution in [0.15, 0.2) is 24.3 Å². The van der Waals surface area contributed by atoms with Gasteiger partial charge in [-0.25, -0.2) is 0 Å². The van der Waals surface area contributed by atoms with Crippen molar-refractivity contribution in [2.75, 3.05) is 18.4 Å². The molecule has 0 fully saturated rings. The van der Waals surface area contributed by atoms with Crippen molar-refractivity contribution in [2.45, 2.75) is 40.0 Å². The van der Waals surface area contributed by atoms with Crippen molar-refractivity contribution in [1.29, 1.82) is 0 Å². The molecule has 1 aliphatic rings. The largest absolute Gasteiger partial charge is 0.384 e. The van der Waals surface area contributed by atoms with E-state index in [1.54, 1.807) is 0 Å². The molecule has 1 unspecified atom stereocenters. The average Bonchev–Trinajstić information content (AvgIpc) is 2.41. The molecule has 0 saturated carbocycles. The summed E-state index contributed by atoms with van der Waals surface area (Å²) in [7, 11) is 0. The van der Waals surface area contributed by atoms with Crippen LogP contribution < -0.4 is 11.1 Å². The molecule has 0 saturated heterocycles. The molecule has 1 aliphatic heterocycles. The molecule has 96 valence electrons. The molecule has 2 heteroatoms. The van der Waals surface area contributed by atoms with Gasteiger partial charge in [-0.3, -0.25) is 0 Å². The van der Waals surface area contributed by atoms with Crippen LogP contribution in [0.3, 0.4) is 0 Å². The standard InChI is InChI=1S/C13H20N2.C2H6/c1-2-13(7-8-14)9-11-5-3-4-6-12(11)15-10-13;1-2/h3-6,15H,2,7-10,14H2,1H3;1-2H3. The van der Waals surface area contributed by atoms with Crippen LogP contribution >= 0.6 is 0 Å². The summed E-state index contributed by atoms with van der Waals surface area (Å²) in [6.07, 6.45) is 3.49. The predicted molar refractivity (Wildman–Crippen MR) is 76.4 cm³/mol. The molecular formula is C15H26N2. The summed E-state index contributed by atoms with van der Waals surface area (Å²) in [5.41, 5.74) is 8.84. The number of fused-ring (bicyclic) bond motifs is 1. The lowest BCUT2D eigenvalue weighted by Gasteiger charge is -2.38. The van der Waals surface area contributed by atoms with Crippen LogP contribution in [0.2, 0.25) is 0 Å². The first kappa shape index (κ1) is 14.0. The third-order valence-corrected chi connectivity index (χ3v) is 3.66. The number of hydrogen-bond donors (Lipinski definition) is 2. The second kappa shape index (κ2) is 6.65. The van der Waals surface area contributed by atoms with Crippen LogP contribution in [0.1, 0.15) is 39.2 Å². The molecule has 0 radical (unpaired) electrons. The van der Waals surface area contributed by atoms with Crippen molar-refractivity contribution in [3.8, 4) is 0 Å². The summed E-state index contributed by atoms with van der Waals surface area (Å²) >= 11 is 0. The Bertz CT molecular complexity index is 335. The predicted octanol–water partition coefficient (Wildman–Crippen LogP) is 3.43. The van der Waals surface area contributed by atoms with Gasteiger partial charge < -0.3 is 11.1 Å². The van der Waals surface area contributed by atoms with E-state index in [-0.39, 0.29) is 0 Å². The molecule has 0 aromatic heterocycles. The highest BCUT2D eigenvalue weighted by atomic mass is 14.9. The summed E-state index contributed by atoms with van der Waals surface area (Å²) in [4.78, 5) is 0. The third-order valence-electron chi connectivity index (χ3n) is 3.66. The van der Waals surface area contributed by atoms with Gasteiger partial charge in [0.2, 0.25) is 0 Å². The van der Waals surface area contributed by atoms with Crippen molar-refractivity contribution >= 4 is 5.69 Å². The summed E-state index contributed by atoms with van der Waals surface area (Å²) in [6.45, 7) is 8.13. The van der Waals surface area contributed by atoms with Gasteiger partial charge in [0.25, 0.3) is 0 Å². The van der Waals surface area contributed by atoms with E-state index in [1.807, 2.05) is 13.8 Å². The van der Waals surface area contributed by atoms with Crippen LogP contribution in [0.25, 0.3) is 0 Å². The lowest BCUT2D eigenvalue weighted by molar-refractivity contribution is 0.266. The van der Waals surface area contributed by atoms with E-state index >= 15 is 0 Å². The maximum atomic E-state index is 5.71. The number of rotatable bonds is 3. The lowest BCUT2D eigenvalue weighted by Crippen LogP contribution is -2.37. The highest BCUT2D eigenvalue weighted by molar-refractivity contribution is 5.53. The van der Waals surface area contributed by atoms with Gasteiger partial charge in [0, 0.05) is 12.2 Å². The Morgan fingerprint density at radius 1 is 1.29 bits per heavy atom. The Hall–Kier alpha value is -1.02. The van der Waals surface area contributed by atoms with Gasteiger partial charge >= 0.3 is 0 Å². The first-order chi connectivity index (χ1) is 8.29. The fraction of sp³-hybridized carbons (Fsp3) is 0.600. The van der Waals surface area contributed by atoms with Crippen molar-refractivity contribution in [3.63, 3.8) is 0 Å². The zero-order valence-corrected chi connectivity index (χ0v) is 11.4. The van der Waals surface area contributed by atoms with E-state index in [4.69, 9.17) is 5.73 Å². The van der Waals surface area contributed by atoms with E-state index in [9.17, 15) is 0 Å². The fourth-order valence-electron chi connectivity index (χ4n) is 2.51. The molecule has 2 nitrogen and oxygen atoms in total. The van der Waals surface area contributed by atoms with Crippen molar-refractivity contribution < 1.29 is 0 Å². The Kier molecular flexibility index (Phi) is 5.49. The van der Waals surface area contributed by atoms with Crippen molar-refractivity contribution in [1.82, 2.24) is 0 Å². The molecule has 0 amide bonds. The molecule has 0 aliphatic carbocycles. The molecule has 1 heterocycles. The Morgan fingerprint density at radius 2 is 2.00 bits per heavy atom. The monoisotopic (exact) mass is 234 g/mol. The number of benzene rings is 1. The van der Waals surface area contributed by atoms with Crippen LogP contribution in [0.5, 0.6) is 0 Å². The van der Waals surface area contributed by atoms with Crippen LogP contribution in [-0.4, -0.2) is 13.1 Å². The molecule has 0 spiro atoms. The molecule has 3 N–H and O–H groups in total. The highest BCUT2D eigenvalue weighted by Gasteiger charge is 2.31. The van der Waals surface area contributed by atoms with Crippen LogP contribution in [0, 0.1) is 5.41 Å².